The van der Waals surface area contributed by atoms with E-state index >= 15 is 0 Å². The summed E-state index contributed by atoms with van der Waals surface area (Å²) < 4.78 is 28.9. The van der Waals surface area contributed by atoms with Crippen LogP contribution in [0.3, 0.4) is 0 Å². The summed E-state index contributed by atoms with van der Waals surface area (Å²) in [5.41, 5.74) is 1.20. The Balaban J connectivity index is 1.75. The lowest BCUT2D eigenvalue weighted by Gasteiger charge is -2.30. The third-order valence-electron chi connectivity index (χ3n) is 4.60. The van der Waals surface area contributed by atoms with Crippen LogP contribution in [0.4, 0.5) is 0 Å². The first-order valence-corrected chi connectivity index (χ1v) is 11.8. The van der Waals surface area contributed by atoms with E-state index in [0.717, 1.165) is 17.6 Å². The maximum Gasteiger partial charge on any atom is 0.240 e. The Labute approximate surface area is 162 Å². The van der Waals surface area contributed by atoms with E-state index in [2.05, 4.69) is 42.4 Å². The Hall–Kier alpha value is -0.730. The molecular formula is C18H23BrN2O2S2. The van der Waals surface area contributed by atoms with Crippen LogP contribution in [0.1, 0.15) is 37.3 Å². The van der Waals surface area contributed by atoms with E-state index in [9.17, 15) is 8.42 Å². The molecule has 0 bridgehead atoms. The predicted molar refractivity (Wildman–Crippen MR) is 106 cm³/mol. The molecule has 1 fully saturated rings. The Bertz CT molecular complexity index is 753. The molecule has 2 heterocycles. The van der Waals surface area contributed by atoms with E-state index < -0.39 is 10.0 Å². The first-order chi connectivity index (χ1) is 12.1. The highest BCUT2D eigenvalue weighted by atomic mass is 79.9. The van der Waals surface area contributed by atoms with Gasteiger partial charge in [-0.25, -0.2) is 13.1 Å². The van der Waals surface area contributed by atoms with Crippen molar-refractivity contribution in [3.63, 3.8) is 0 Å². The Morgan fingerprint density at radius 3 is 2.36 bits per heavy atom. The number of rotatable bonds is 6. The van der Waals surface area contributed by atoms with Crippen LogP contribution in [0.5, 0.6) is 0 Å². The zero-order valence-electron chi connectivity index (χ0n) is 14.0. The van der Waals surface area contributed by atoms with E-state index in [1.54, 1.807) is 35.6 Å². The molecule has 0 aliphatic carbocycles. The average Bonchev–Trinajstić information content (AvgIpc) is 2.98. The lowest BCUT2D eigenvalue weighted by atomic mass is 10.1. The second-order valence-corrected chi connectivity index (χ2v) is 9.79. The van der Waals surface area contributed by atoms with E-state index in [4.69, 9.17) is 0 Å². The van der Waals surface area contributed by atoms with Crippen LogP contribution >= 0.6 is 27.3 Å². The third kappa shape index (κ3) is 5.14. The van der Waals surface area contributed by atoms with Crippen molar-refractivity contribution in [3.05, 3.63) is 51.1 Å². The molecule has 7 heteroatoms. The molecule has 0 spiro atoms. The Morgan fingerprint density at radius 2 is 1.76 bits per heavy atom. The van der Waals surface area contributed by atoms with Crippen LogP contribution in [0.2, 0.25) is 0 Å². The molecule has 1 atom stereocenters. The number of benzene rings is 1. The number of nitrogens with one attached hydrogen (secondary N) is 1. The molecule has 0 saturated carbocycles. The largest absolute Gasteiger partial charge is 0.295 e. The summed E-state index contributed by atoms with van der Waals surface area (Å²) in [6.07, 6.45) is 4.88. The second kappa shape index (κ2) is 8.77. The Kier molecular flexibility index (Phi) is 6.68. The molecule has 25 heavy (non-hydrogen) atoms. The van der Waals surface area contributed by atoms with Gasteiger partial charge in [0.1, 0.15) is 0 Å². The van der Waals surface area contributed by atoms with Crippen molar-refractivity contribution in [3.8, 4) is 0 Å². The number of likely N-dealkylation sites (tertiary alicyclic amines) is 1. The fourth-order valence-electron chi connectivity index (χ4n) is 3.21. The highest BCUT2D eigenvalue weighted by Crippen LogP contribution is 2.26. The quantitative estimate of drug-likeness (QED) is 0.720. The molecule has 1 aromatic heterocycles. The first kappa shape index (κ1) is 19.0. The SMILES string of the molecule is O=S(=O)(NCC(c1ccsc1)N1CCCCCC1)c1ccc(Br)cc1. The number of hydrogen-bond acceptors (Lipinski definition) is 4. The van der Waals surface area contributed by atoms with Gasteiger partial charge in [-0.1, -0.05) is 28.8 Å². The molecule has 3 rings (SSSR count). The van der Waals surface area contributed by atoms with Gasteiger partial charge in [-0.15, -0.1) is 0 Å². The van der Waals surface area contributed by atoms with Gasteiger partial charge in [0.15, 0.2) is 0 Å². The highest BCUT2D eigenvalue weighted by molar-refractivity contribution is 9.10. The zero-order valence-corrected chi connectivity index (χ0v) is 17.2. The number of hydrogen-bond donors (Lipinski definition) is 1. The van der Waals surface area contributed by atoms with Crippen LogP contribution < -0.4 is 4.72 Å². The fraction of sp³-hybridized carbons (Fsp3) is 0.444. The minimum Gasteiger partial charge on any atom is -0.295 e. The summed E-state index contributed by atoms with van der Waals surface area (Å²) in [7, 11) is -3.51. The molecule has 1 saturated heterocycles. The van der Waals surface area contributed by atoms with Gasteiger partial charge >= 0.3 is 0 Å². The molecule has 1 aliphatic heterocycles. The highest BCUT2D eigenvalue weighted by Gasteiger charge is 2.24. The van der Waals surface area contributed by atoms with Crippen LogP contribution in [-0.2, 0) is 10.0 Å². The van der Waals surface area contributed by atoms with Crippen LogP contribution in [0.25, 0.3) is 0 Å². The standard InChI is InChI=1S/C18H23BrN2O2S2/c19-16-5-7-17(8-6-16)25(22,23)20-13-18(15-9-12-24-14-15)21-10-3-1-2-4-11-21/h5-9,12,14,18,20H,1-4,10-11,13H2. The molecule has 4 nitrogen and oxygen atoms in total. The van der Waals surface area contributed by atoms with E-state index in [1.165, 1.54) is 31.2 Å². The molecule has 0 amide bonds. The Morgan fingerprint density at radius 1 is 1.08 bits per heavy atom. The molecule has 1 aliphatic rings. The average molecular weight is 443 g/mol. The predicted octanol–water partition coefficient (Wildman–Crippen LogP) is 4.41. The summed E-state index contributed by atoms with van der Waals surface area (Å²) in [6, 6.07) is 8.94. The van der Waals surface area contributed by atoms with Gasteiger partial charge in [0.05, 0.1) is 4.90 Å². The lowest BCUT2D eigenvalue weighted by Crippen LogP contribution is -2.38. The van der Waals surface area contributed by atoms with Crippen LogP contribution in [-0.4, -0.2) is 33.0 Å². The molecule has 2 aromatic rings. The summed E-state index contributed by atoms with van der Waals surface area (Å²) >= 11 is 5.00. The molecule has 1 aromatic carbocycles. The molecular weight excluding hydrogens is 420 g/mol. The van der Waals surface area contributed by atoms with Crippen molar-refractivity contribution in [2.75, 3.05) is 19.6 Å². The van der Waals surface area contributed by atoms with Crippen molar-refractivity contribution < 1.29 is 8.42 Å². The molecule has 0 radical (unpaired) electrons. The van der Waals surface area contributed by atoms with Crippen molar-refractivity contribution in [2.45, 2.75) is 36.6 Å². The van der Waals surface area contributed by atoms with Gasteiger partial charge in [0.25, 0.3) is 0 Å². The van der Waals surface area contributed by atoms with E-state index in [-0.39, 0.29) is 6.04 Å². The summed E-state index contributed by atoms with van der Waals surface area (Å²) in [5.74, 6) is 0. The smallest absolute Gasteiger partial charge is 0.240 e. The number of nitrogens with zero attached hydrogens (tertiary/aromatic N) is 1. The fourth-order valence-corrected chi connectivity index (χ4v) is 5.22. The van der Waals surface area contributed by atoms with Crippen LogP contribution in [0, 0.1) is 0 Å². The topological polar surface area (TPSA) is 49.4 Å². The molecule has 1 unspecified atom stereocenters. The first-order valence-electron chi connectivity index (χ1n) is 8.58. The number of sulfonamides is 1. The maximum absolute atomic E-state index is 12.6. The second-order valence-electron chi connectivity index (χ2n) is 6.33. The van der Waals surface area contributed by atoms with Crippen molar-refractivity contribution >= 4 is 37.3 Å². The monoisotopic (exact) mass is 442 g/mol. The minimum absolute atomic E-state index is 0.0922. The van der Waals surface area contributed by atoms with E-state index in [0.29, 0.717) is 11.4 Å². The van der Waals surface area contributed by atoms with Crippen molar-refractivity contribution in [1.29, 1.82) is 0 Å². The normalized spacial score (nSPS) is 18.0. The van der Waals surface area contributed by atoms with Crippen LogP contribution in [0.15, 0.2) is 50.5 Å². The summed E-state index contributed by atoms with van der Waals surface area (Å²) in [6.45, 7) is 2.45. The van der Waals surface area contributed by atoms with E-state index in [1.807, 2.05) is 0 Å². The zero-order chi connectivity index (χ0) is 17.7. The van der Waals surface area contributed by atoms with Gasteiger partial charge in [-0.3, -0.25) is 4.90 Å². The lowest BCUT2D eigenvalue weighted by molar-refractivity contribution is 0.206. The number of halogens is 1. The summed E-state index contributed by atoms with van der Waals surface area (Å²) in [5, 5.41) is 4.19. The van der Waals surface area contributed by atoms with Crippen molar-refractivity contribution in [1.82, 2.24) is 9.62 Å². The molecule has 136 valence electrons. The van der Waals surface area contributed by atoms with Crippen molar-refractivity contribution in [2.24, 2.45) is 0 Å². The molecule has 1 N–H and O–H groups in total. The van der Waals surface area contributed by atoms with Gasteiger partial charge in [-0.05, 0) is 72.6 Å². The van der Waals surface area contributed by atoms with Gasteiger partial charge in [-0.2, -0.15) is 11.3 Å². The summed E-state index contributed by atoms with van der Waals surface area (Å²) in [4.78, 5) is 2.73. The van der Waals surface area contributed by atoms with Gasteiger partial charge in [0.2, 0.25) is 10.0 Å². The van der Waals surface area contributed by atoms with Gasteiger partial charge in [0, 0.05) is 17.1 Å². The number of thiophene rings is 1. The third-order valence-corrected chi connectivity index (χ3v) is 7.27. The van der Waals surface area contributed by atoms with Gasteiger partial charge < -0.3 is 0 Å². The maximum atomic E-state index is 12.6. The minimum atomic E-state index is -3.51.